The van der Waals surface area contributed by atoms with E-state index in [1.807, 2.05) is 6.92 Å². The highest BCUT2D eigenvalue weighted by atomic mass is 32.2. The van der Waals surface area contributed by atoms with E-state index in [0.717, 1.165) is 29.5 Å². The van der Waals surface area contributed by atoms with Crippen molar-refractivity contribution in [3.8, 4) is 11.5 Å². The second kappa shape index (κ2) is 10.9. The van der Waals surface area contributed by atoms with Crippen LogP contribution in [0.2, 0.25) is 0 Å². The predicted molar refractivity (Wildman–Crippen MR) is 112 cm³/mol. The number of hydrogen-bond acceptors (Lipinski definition) is 7. The highest BCUT2D eigenvalue weighted by Crippen LogP contribution is 2.34. The molecule has 0 N–H and O–H groups in total. The summed E-state index contributed by atoms with van der Waals surface area (Å²) in [4.78, 5) is 37.7. The number of rotatable bonds is 10. The third kappa shape index (κ3) is 6.52. The van der Waals surface area contributed by atoms with Crippen molar-refractivity contribution in [2.24, 2.45) is 5.92 Å². The van der Waals surface area contributed by atoms with Crippen molar-refractivity contribution >= 4 is 35.0 Å². The van der Waals surface area contributed by atoms with Gasteiger partial charge in [0.15, 0.2) is 11.5 Å². The monoisotopic (exact) mass is 421 g/mol. The molecule has 158 valence electrons. The largest absolute Gasteiger partial charge is 0.493 e. The number of nitrogens with zero attached hydrogens (tertiary/aromatic N) is 1. The van der Waals surface area contributed by atoms with Gasteiger partial charge in [0.1, 0.15) is 6.54 Å². The van der Waals surface area contributed by atoms with Crippen LogP contribution in [0.15, 0.2) is 23.1 Å². The predicted octanol–water partition coefficient (Wildman–Crippen LogP) is 4.11. The van der Waals surface area contributed by atoms with Crippen LogP contribution in [0, 0.1) is 5.92 Å². The van der Waals surface area contributed by atoms with Crippen LogP contribution in [-0.4, -0.2) is 48.9 Å². The van der Waals surface area contributed by atoms with Crippen molar-refractivity contribution in [2.45, 2.75) is 33.6 Å². The van der Waals surface area contributed by atoms with Crippen molar-refractivity contribution < 1.29 is 28.6 Å². The van der Waals surface area contributed by atoms with E-state index in [2.05, 4.69) is 13.8 Å². The Morgan fingerprint density at radius 2 is 2.00 bits per heavy atom. The van der Waals surface area contributed by atoms with E-state index < -0.39 is 17.1 Å². The SMILES string of the molecule is CCCCOC(=O)CN1C(=O)S/C(=C\c2ccc(OCC(C)C)c(OC)c2)C1=O. The van der Waals surface area contributed by atoms with Crippen LogP contribution in [0.4, 0.5) is 4.79 Å². The first-order valence-corrected chi connectivity index (χ1v) is 10.4. The molecule has 0 radical (unpaired) electrons. The fraction of sp³-hybridized carbons (Fsp3) is 0.476. The van der Waals surface area contributed by atoms with Gasteiger partial charge < -0.3 is 14.2 Å². The highest BCUT2D eigenvalue weighted by Gasteiger charge is 2.36. The molecule has 1 aromatic rings. The number of unbranched alkanes of at least 4 members (excludes halogenated alkanes) is 1. The van der Waals surface area contributed by atoms with Crippen LogP contribution in [0.5, 0.6) is 11.5 Å². The number of hydrogen-bond donors (Lipinski definition) is 0. The van der Waals surface area contributed by atoms with Crippen molar-refractivity contribution in [3.05, 3.63) is 28.7 Å². The smallest absolute Gasteiger partial charge is 0.326 e. The molecule has 0 spiro atoms. The summed E-state index contributed by atoms with van der Waals surface area (Å²) in [5.74, 6) is 0.431. The van der Waals surface area contributed by atoms with E-state index in [9.17, 15) is 14.4 Å². The molecule has 29 heavy (non-hydrogen) atoms. The van der Waals surface area contributed by atoms with Crippen LogP contribution < -0.4 is 9.47 Å². The third-order valence-electron chi connectivity index (χ3n) is 3.98. The minimum atomic E-state index is -0.588. The molecular weight excluding hydrogens is 394 g/mol. The Morgan fingerprint density at radius 3 is 2.66 bits per heavy atom. The van der Waals surface area contributed by atoms with Crippen molar-refractivity contribution in [1.29, 1.82) is 0 Å². The van der Waals surface area contributed by atoms with E-state index >= 15 is 0 Å². The van der Waals surface area contributed by atoms with Gasteiger partial charge in [-0.3, -0.25) is 19.3 Å². The summed E-state index contributed by atoms with van der Waals surface area (Å²) >= 11 is 0.797. The summed E-state index contributed by atoms with van der Waals surface area (Å²) in [7, 11) is 1.54. The third-order valence-corrected chi connectivity index (χ3v) is 4.89. The Kier molecular flexibility index (Phi) is 8.57. The summed E-state index contributed by atoms with van der Waals surface area (Å²) in [5.41, 5.74) is 0.690. The molecule has 1 aliphatic rings. The summed E-state index contributed by atoms with van der Waals surface area (Å²) in [6, 6.07) is 5.29. The number of thioether (sulfide) groups is 1. The Hall–Kier alpha value is -2.48. The summed E-state index contributed by atoms with van der Waals surface area (Å²) in [5, 5.41) is -0.488. The first-order chi connectivity index (χ1) is 13.8. The minimum absolute atomic E-state index is 0.245. The number of carbonyl (C=O) groups excluding carboxylic acids is 3. The van der Waals surface area contributed by atoms with E-state index in [-0.39, 0.29) is 18.1 Å². The Balaban J connectivity index is 2.09. The maximum atomic E-state index is 12.5. The molecule has 1 heterocycles. The number of amides is 2. The fourth-order valence-electron chi connectivity index (χ4n) is 2.44. The molecule has 7 nitrogen and oxygen atoms in total. The van der Waals surface area contributed by atoms with E-state index in [1.165, 1.54) is 0 Å². The van der Waals surface area contributed by atoms with Crippen LogP contribution >= 0.6 is 11.8 Å². The zero-order valence-corrected chi connectivity index (χ0v) is 18.0. The van der Waals surface area contributed by atoms with E-state index in [0.29, 0.717) is 29.6 Å². The van der Waals surface area contributed by atoms with Gasteiger partial charge in [-0.1, -0.05) is 33.3 Å². The second-order valence-corrected chi connectivity index (χ2v) is 7.95. The number of imide groups is 1. The molecule has 1 aliphatic heterocycles. The highest BCUT2D eigenvalue weighted by molar-refractivity contribution is 8.18. The van der Waals surface area contributed by atoms with Crippen molar-refractivity contribution in [2.75, 3.05) is 26.9 Å². The van der Waals surface area contributed by atoms with Gasteiger partial charge in [0, 0.05) is 0 Å². The van der Waals surface area contributed by atoms with Crippen LogP contribution in [0.25, 0.3) is 6.08 Å². The van der Waals surface area contributed by atoms with Gasteiger partial charge >= 0.3 is 5.97 Å². The maximum Gasteiger partial charge on any atom is 0.326 e. The molecule has 0 atom stereocenters. The molecule has 2 rings (SSSR count). The zero-order chi connectivity index (χ0) is 21.4. The lowest BCUT2D eigenvalue weighted by molar-refractivity contribution is -0.146. The lowest BCUT2D eigenvalue weighted by atomic mass is 10.1. The van der Waals surface area contributed by atoms with Crippen LogP contribution in [-0.2, 0) is 14.3 Å². The molecule has 1 aromatic carbocycles. The molecule has 0 aliphatic carbocycles. The second-order valence-electron chi connectivity index (χ2n) is 6.96. The zero-order valence-electron chi connectivity index (χ0n) is 17.2. The molecule has 1 fully saturated rings. The average molecular weight is 422 g/mol. The number of esters is 1. The molecule has 0 aromatic heterocycles. The standard InChI is InChI=1S/C21H27NO6S/c1-5-6-9-27-19(23)12-22-20(24)18(29-21(22)25)11-15-7-8-16(17(10-15)26-4)28-13-14(2)3/h7-8,10-11,14H,5-6,9,12-13H2,1-4H3/b18-11-. The van der Waals surface area contributed by atoms with E-state index in [4.69, 9.17) is 14.2 Å². The molecular formula is C21H27NO6S. The van der Waals surface area contributed by atoms with E-state index in [1.54, 1.807) is 31.4 Å². The lowest BCUT2D eigenvalue weighted by Gasteiger charge is -2.13. The van der Waals surface area contributed by atoms with Crippen LogP contribution in [0.3, 0.4) is 0 Å². The van der Waals surface area contributed by atoms with Gasteiger partial charge in [0.05, 0.1) is 25.2 Å². The summed E-state index contributed by atoms with van der Waals surface area (Å²) in [6.07, 6.45) is 3.23. The Bertz CT molecular complexity index is 789. The molecule has 2 amide bonds. The topological polar surface area (TPSA) is 82.1 Å². The first kappa shape index (κ1) is 22.8. The first-order valence-electron chi connectivity index (χ1n) is 9.57. The summed E-state index contributed by atoms with van der Waals surface area (Å²) < 4.78 is 16.1. The van der Waals surface area contributed by atoms with Gasteiger partial charge in [0.25, 0.3) is 11.1 Å². The lowest BCUT2D eigenvalue weighted by Crippen LogP contribution is -2.34. The molecule has 8 heteroatoms. The van der Waals surface area contributed by atoms with Gasteiger partial charge in [-0.05, 0) is 47.9 Å². The van der Waals surface area contributed by atoms with Crippen molar-refractivity contribution in [3.63, 3.8) is 0 Å². The normalized spacial score (nSPS) is 15.3. The molecule has 0 bridgehead atoms. The molecule has 0 unspecified atom stereocenters. The van der Waals surface area contributed by atoms with Gasteiger partial charge in [0.2, 0.25) is 0 Å². The fourth-order valence-corrected chi connectivity index (χ4v) is 3.28. The van der Waals surface area contributed by atoms with Crippen molar-refractivity contribution in [1.82, 2.24) is 4.90 Å². The molecule has 0 saturated carbocycles. The number of benzene rings is 1. The average Bonchev–Trinajstić information content (AvgIpc) is 2.94. The number of carbonyl (C=O) groups is 3. The van der Waals surface area contributed by atoms with Gasteiger partial charge in [-0.15, -0.1) is 0 Å². The Morgan fingerprint density at radius 1 is 1.24 bits per heavy atom. The van der Waals surface area contributed by atoms with Gasteiger partial charge in [-0.2, -0.15) is 0 Å². The maximum absolute atomic E-state index is 12.5. The Labute approximate surface area is 175 Å². The molecule has 1 saturated heterocycles. The quantitative estimate of drug-likeness (QED) is 0.319. The number of ether oxygens (including phenoxy) is 3. The number of methoxy groups -OCH3 is 1. The van der Waals surface area contributed by atoms with Gasteiger partial charge in [-0.25, -0.2) is 0 Å². The van der Waals surface area contributed by atoms with Crippen LogP contribution in [0.1, 0.15) is 39.2 Å². The minimum Gasteiger partial charge on any atom is -0.493 e. The summed E-state index contributed by atoms with van der Waals surface area (Å²) in [6.45, 7) is 6.55.